The van der Waals surface area contributed by atoms with Gasteiger partial charge in [-0.25, -0.2) is 0 Å². The highest BCUT2D eigenvalue weighted by Gasteiger charge is 2.52. The van der Waals surface area contributed by atoms with E-state index in [1.54, 1.807) is 0 Å². The highest BCUT2D eigenvalue weighted by atomic mass is 29.3. The van der Waals surface area contributed by atoms with E-state index in [9.17, 15) is 0 Å². The number of rotatable bonds is 6. The second kappa shape index (κ2) is 9.54. The van der Waals surface area contributed by atoms with E-state index in [1.807, 2.05) is 0 Å². The van der Waals surface area contributed by atoms with Gasteiger partial charge in [0.25, 0.3) is 0 Å². The van der Waals surface area contributed by atoms with Crippen molar-refractivity contribution in [1.29, 1.82) is 0 Å². The van der Waals surface area contributed by atoms with Gasteiger partial charge in [0.15, 0.2) is 0 Å². The van der Waals surface area contributed by atoms with Gasteiger partial charge < -0.3 is 4.43 Å². The molecule has 0 aliphatic heterocycles. The molecule has 1 nitrogen and oxygen atoms in total. The van der Waals surface area contributed by atoms with Gasteiger partial charge in [-0.15, -0.1) is 5.54 Å². The van der Waals surface area contributed by atoms with Crippen LogP contribution in [0.1, 0.15) is 11.7 Å². The summed E-state index contributed by atoms with van der Waals surface area (Å²) in [6, 6.07) is 32.4. The fourth-order valence-electron chi connectivity index (χ4n) is 3.96. The van der Waals surface area contributed by atoms with Crippen LogP contribution < -0.4 is 10.4 Å². The second-order valence-electron chi connectivity index (χ2n) is 10.1. The molecule has 0 unspecified atom stereocenters. The summed E-state index contributed by atoms with van der Waals surface area (Å²) >= 11 is 0. The first-order valence-electron chi connectivity index (χ1n) is 11.0. The molecule has 3 aromatic carbocycles. The molecule has 0 saturated heterocycles. The molecule has 0 aliphatic rings. The van der Waals surface area contributed by atoms with Crippen LogP contribution in [-0.2, 0) is 4.43 Å². The highest BCUT2D eigenvalue weighted by Crippen LogP contribution is 2.28. The summed E-state index contributed by atoms with van der Waals surface area (Å²) in [6.45, 7) is 14.2. The molecule has 0 aromatic heterocycles. The highest BCUT2D eigenvalue weighted by molar-refractivity contribution is 7.48. The van der Waals surface area contributed by atoms with Gasteiger partial charge >= 0.3 is 0 Å². The smallest absolute Gasteiger partial charge is 0.242 e. The number of benzene rings is 3. The van der Waals surface area contributed by atoms with Gasteiger partial charge in [0, 0.05) is 0 Å². The molecule has 3 rings (SSSR count). The van der Waals surface area contributed by atoms with E-state index in [0.29, 0.717) is 0 Å². The van der Waals surface area contributed by atoms with Gasteiger partial charge in [-0.1, -0.05) is 136 Å². The van der Waals surface area contributed by atoms with E-state index in [4.69, 9.17) is 4.43 Å². The maximum Gasteiger partial charge on any atom is 0.242 e. The molecule has 1 atom stereocenters. The summed E-state index contributed by atoms with van der Waals surface area (Å²) in [5.74, 6) is 3.59. The van der Waals surface area contributed by atoms with Crippen LogP contribution >= 0.6 is 0 Å². The molecular weight excluding hydrogens is 425 g/mol. The Hall–Kier alpha value is -2.17. The minimum absolute atomic E-state index is 0.230. The van der Waals surface area contributed by atoms with Crippen molar-refractivity contribution >= 4 is 33.9 Å². The third-order valence-corrected chi connectivity index (χ3v) is 19.7. The maximum atomic E-state index is 7.41. The van der Waals surface area contributed by atoms with E-state index in [0.717, 1.165) is 5.56 Å². The average Bonchev–Trinajstić information content (AvgIpc) is 2.74. The Morgan fingerprint density at radius 3 is 1.42 bits per heavy atom. The molecule has 0 fully saturated rings. The van der Waals surface area contributed by atoms with Crippen molar-refractivity contribution < 1.29 is 4.43 Å². The molecule has 4 heteroatoms. The van der Waals surface area contributed by atoms with E-state index in [-0.39, 0.29) is 6.10 Å². The summed E-state index contributed by atoms with van der Waals surface area (Å²) in [5.41, 5.74) is 4.75. The third kappa shape index (κ3) is 5.55. The largest absolute Gasteiger partial charge is 0.393 e. The summed E-state index contributed by atoms with van der Waals surface area (Å²) in [4.78, 5) is 0. The molecule has 0 amide bonds. The zero-order valence-corrected chi connectivity index (χ0v) is 22.6. The van der Waals surface area contributed by atoms with Crippen LogP contribution in [0.3, 0.4) is 0 Å². The number of hydrogen-bond acceptors (Lipinski definition) is 1. The molecule has 0 aliphatic carbocycles. The van der Waals surface area contributed by atoms with Crippen molar-refractivity contribution in [2.45, 2.75) is 45.4 Å². The standard InChI is InChI=1S/C27H34OSi3/c1-29(2,3)23-22-27(24-16-10-7-11-17-24)28-31(30(4,5)6,25-18-12-8-13-19-25)26-20-14-9-15-21-26/h7-21,27H,1-6H3/t27-/m1/s1. The zero-order valence-electron chi connectivity index (χ0n) is 19.6. The van der Waals surface area contributed by atoms with Gasteiger partial charge in [0.05, 0.1) is 7.59 Å². The summed E-state index contributed by atoms with van der Waals surface area (Å²) < 4.78 is 7.41. The van der Waals surface area contributed by atoms with Crippen LogP contribution in [0.15, 0.2) is 91.0 Å². The summed E-state index contributed by atoms with van der Waals surface area (Å²) in [6.07, 6.45) is -0.230. The van der Waals surface area contributed by atoms with Crippen molar-refractivity contribution in [3.8, 4) is 11.5 Å². The molecule has 0 heterocycles. The van der Waals surface area contributed by atoms with E-state index in [1.165, 1.54) is 10.4 Å². The monoisotopic (exact) mass is 458 g/mol. The first-order chi connectivity index (χ1) is 14.6. The molecule has 3 aromatic rings. The fourth-order valence-corrected chi connectivity index (χ4v) is 16.7. The Balaban J connectivity index is 2.26. The van der Waals surface area contributed by atoms with Crippen LogP contribution in [-0.4, -0.2) is 23.5 Å². The van der Waals surface area contributed by atoms with Gasteiger partial charge in [0.1, 0.15) is 14.2 Å². The summed E-state index contributed by atoms with van der Waals surface area (Å²) in [7, 11) is -5.92. The molecule has 0 bridgehead atoms. The molecule has 0 spiro atoms. The van der Waals surface area contributed by atoms with E-state index >= 15 is 0 Å². The van der Waals surface area contributed by atoms with Gasteiger partial charge in [-0.2, -0.15) is 0 Å². The Kier molecular flexibility index (Phi) is 7.23. The minimum Gasteiger partial charge on any atom is -0.393 e. The molecular formula is C27H34OSi3. The van der Waals surface area contributed by atoms with Gasteiger partial charge in [-0.05, 0) is 15.9 Å². The maximum absolute atomic E-state index is 7.41. The van der Waals surface area contributed by atoms with Crippen molar-refractivity contribution in [1.82, 2.24) is 0 Å². The lowest BCUT2D eigenvalue weighted by atomic mass is 10.1. The lowest BCUT2D eigenvalue weighted by Gasteiger charge is -2.43. The van der Waals surface area contributed by atoms with Crippen LogP contribution in [0.25, 0.3) is 0 Å². The van der Waals surface area contributed by atoms with Crippen molar-refractivity contribution in [3.63, 3.8) is 0 Å². The Bertz CT molecular complexity index is 985. The Labute approximate surface area is 191 Å². The van der Waals surface area contributed by atoms with Crippen LogP contribution in [0.2, 0.25) is 39.3 Å². The SMILES string of the molecule is C[Si](C)(C)C#C[C@@H](O[Si](c1ccccc1)(c1ccccc1)[Si](C)(C)C)c1ccccc1. The normalized spacial score (nSPS) is 13.2. The molecule has 0 N–H and O–H groups in total. The van der Waals surface area contributed by atoms with Crippen molar-refractivity contribution in [2.24, 2.45) is 0 Å². The van der Waals surface area contributed by atoms with Crippen molar-refractivity contribution in [3.05, 3.63) is 96.6 Å². The quantitative estimate of drug-likeness (QED) is 0.335. The van der Waals surface area contributed by atoms with Crippen molar-refractivity contribution in [2.75, 3.05) is 0 Å². The van der Waals surface area contributed by atoms with Crippen LogP contribution in [0, 0.1) is 11.5 Å². The van der Waals surface area contributed by atoms with Gasteiger partial charge in [-0.3, -0.25) is 0 Å². The second-order valence-corrected chi connectivity index (χ2v) is 28.7. The molecule has 31 heavy (non-hydrogen) atoms. The first kappa shape index (κ1) is 23.5. The first-order valence-corrected chi connectivity index (χ1v) is 20.9. The topological polar surface area (TPSA) is 9.23 Å². The molecule has 160 valence electrons. The summed E-state index contributed by atoms with van der Waals surface area (Å²) in [5, 5.41) is 2.69. The molecule has 0 radical (unpaired) electrons. The van der Waals surface area contributed by atoms with Crippen LogP contribution in [0.4, 0.5) is 0 Å². The van der Waals surface area contributed by atoms with E-state index < -0.39 is 23.5 Å². The zero-order chi connectivity index (χ0) is 22.5. The lowest BCUT2D eigenvalue weighted by molar-refractivity contribution is 0.270. The minimum atomic E-state index is -2.54. The fraction of sp³-hybridized carbons (Fsp3) is 0.259. The van der Waals surface area contributed by atoms with E-state index in [2.05, 4.69) is 142 Å². The molecule has 0 saturated carbocycles. The van der Waals surface area contributed by atoms with Gasteiger partial charge in [0.2, 0.25) is 7.83 Å². The average molecular weight is 459 g/mol. The van der Waals surface area contributed by atoms with Crippen LogP contribution in [0.5, 0.6) is 0 Å². The lowest BCUT2D eigenvalue weighted by Crippen LogP contribution is -2.75. The Morgan fingerprint density at radius 2 is 1.03 bits per heavy atom. The predicted octanol–water partition coefficient (Wildman–Crippen LogP) is 5.80. The number of hydrogen-bond donors (Lipinski definition) is 0. The predicted molar refractivity (Wildman–Crippen MR) is 143 cm³/mol. The third-order valence-electron chi connectivity index (χ3n) is 5.39. The Morgan fingerprint density at radius 1 is 0.613 bits per heavy atom.